The number of benzene rings is 1. The second-order valence-corrected chi connectivity index (χ2v) is 14.4. The zero-order chi connectivity index (χ0) is 21.9. The van der Waals surface area contributed by atoms with Crippen LogP contribution in [0.25, 0.3) is 6.08 Å². The van der Waals surface area contributed by atoms with Crippen LogP contribution in [0.15, 0.2) is 77.9 Å². The van der Waals surface area contributed by atoms with Crippen molar-refractivity contribution in [3.05, 3.63) is 89.1 Å². The smallest absolute Gasteiger partial charge is 0.191 e. The Labute approximate surface area is 190 Å². The van der Waals surface area contributed by atoms with Crippen LogP contribution in [0.1, 0.15) is 57.6 Å². The van der Waals surface area contributed by atoms with E-state index in [0.717, 1.165) is 19.4 Å². The minimum atomic E-state index is -1.52. The number of allylic oxidation sites excluding steroid dienone is 9. The van der Waals surface area contributed by atoms with E-state index in [-0.39, 0.29) is 5.41 Å². The molecule has 1 nitrogen and oxygen atoms in total. The molecule has 0 fully saturated rings. The second kappa shape index (κ2) is 9.30. The Hall–Kier alpha value is -1.90. The van der Waals surface area contributed by atoms with Crippen molar-refractivity contribution in [3.8, 4) is 0 Å². The Morgan fingerprint density at radius 3 is 2.48 bits per heavy atom. The first-order valence-electron chi connectivity index (χ1n) is 12.2. The lowest BCUT2D eigenvalue weighted by Crippen LogP contribution is -2.36. The Balaban J connectivity index is 1.57. The van der Waals surface area contributed by atoms with E-state index in [4.69, 9.17) is 4.43 Å². The Kier molecular flexibility index (Phi) is 6.69. The van der Waals surface area contributed by atoms with Gasteiger partial charge in [-0.1, -0.05) is 106 Å². The molecule has 0 amide bonds. The van der Waals surface area contributed by atoms with Crippen LogP contribution in [0.5, 0.6) is 0 Å². The van der Waals surface area contributed by atoms with Crippen molar-refractivity contribution < 1.29 is 4.43 Å². The first-order chi connectivity index (χ1) is 15.1. The van der Waals surface area contributed by atoms with E-state index in [9.17, 15) is 0 Å². The molecule has 0 saturated heterocycles. The molecule has 4 rings (SSSR count). The molecule has 0 saturated carbocycles. The second-order valence-electron chi connectivity index (χ2n) is 9.59. The molecule has 0 aromatic heterocycles. The van der Waals surface area contributed by atoms with Gasteiger partial charge in [-0.15, -0.1) is 0 Å². The highest BCUT2D eigenvalue weighted by Gasteiger charge is 2.43. The zero-order valence-corrected chi connectivity index (χ0v) is 20.7. The van der Waals surface area contributed by atoms with Crippen molar-refractivity contribution in [2.24, 2.45) is 11.3 Å². The summed E-state index contributed by atoms with van der Waals surface area (Å²) in [6.45, 7) is 10.4. The van der Waals surface area contributed by atoms with Gasteiger partial charge in [0.25, 0.3) is 0 Å². The summed E-state index contributed by atoms with van der Waals surface area (Å²) in [5.74, 6) is 0.847. The Bertz CT molecular complexity index is 935. The fourth-order valence-electron chi connectivity index (χ4n) is 5.90. The van der Waals surface area contributed by atoms with Gasteiger partial charge in [0.05, 0.1) is 0 Å². The summed E-state index contributed by atoms with van der Waals surface area (Å²) in [6, 6.07) is 12.6. The van der Waals surface area contributed by atoms with Crippen molar-refractivity contribution in [1.29, 1.82) is 0 Å². The fraction of sp³-hybridized carbons (Fsp3) is 0.448. The van der Waals surface area contributed by atoms with Crippen LogP contribution >= 0.6 is 0 Å². The van der Waals surface area contributed by atoms with Gasteiger partial charge in [-0.25, -0.2) is 0 Å². The number of hydrogen-bond donors (Lipinski definition) is 0. The van der Waals surface area contributed by atoms with Crippen molar-refractivity contribution >= 4 is 14.4 Å². The van der Waals surface area contributed by atoms with Gasteiger partial charge >= 0.3 is 0 Å². The lowest BCUT2D eigenvalue weighted by molar-refractivity contribution is 0.240. The topological polar surface area (TPSA) is 9.23 Å². The predicted octanol–water partition coefficient (Wildman–Crippen LogP) is 8.21. The monoisotopic (exact) mass is 430 g/mol. The van der Waals surface area contributed by atoms with Gasteiger partial charge < -0.3 is 4.43 Å². The van der Waals surface area contributed by atoms with E-state index in [1.54, 1.807) is 5.57 Å². The molecule has 31 heavy (non-hydrogen) atoms. The summed E-state index contributed by atoms with van der Waals surface area (Å²) in [5, 5.41) is 0. The van der Waals surface area contributed by atoms with E-state index in [1.807, 2.05) is 0 Å². The molecule has 0 radical (unpaired) electrons. The summed E-state index contributed by atoms with van der Waals surface area (Å²) in [7, 11) is -1.52. The van der Waals surface area contributed by atoms with Gasteiger partial charge in [0, 0.05) is 23.9 Å². The van der Waals surface area contributed by atoms with Gasteiger partial charge in [-0.2, -0.15) is 0 Å². The number of rotatable bonds is 10. The molecule has 3 atom stereocenters. The molecule has 0 spiro atoms. The molecule has 2 heteroatoms. The normalized spacial score (nSPS) is 23.4. The molecule has 0 heterocycles. The zero-order valence-electron chi connectivity index (χ0n) is 19.7. The summed E-state index contributed by atoms with van der Waals surface area (Å²) in [4.78, 5) is 0. The molecule has 1 aromatic rings. The maximum absolute atomic E-state index is 6.64. The lowest BCUT2D eigenvalue weighted by Gasteiger charge is -2.40. The minimum absolute atomic E-state index is 0.0831. The Morgan fingerprint density at radius 2 is 1.71 bits per heavy atom. The van der Waals surface area contributed by atoms with Crippen LogP contribution in [-0.2, 0) is 4.43 Å². The van der Waals surface area contributed by atoms with E-state index in [0.29, 0.717) is 11.8 Å². The van der Waals surface area contributed by atoms with Crippen LogP contribution in [0.2, 0.25) is 18.1 Å². The molecule has 3 aliphatic rings. The van der Waals surface area contributed by atoms with Gasteiger partial charge in [0.2, 0.25) is 0 Å². The first-order valence-corrected chi connectivity index (χ1v) is 14.8. The number of hydrogen-bond acceptors (Lipinski definition) is 1. The predicted molar refractivity (Wildman–Crippen MR) is 137 cm³/mol. The van der Waals surface area contributed by atoms with Crippen molar-refractivity contribution in [2.75, 3.05) is 6.61 Å². The quantitative estimate of drug-likeness (QED) is 0.268. The van der Waals surface area contributed by atoms with Crippen LogP contribution in [-0.4, -0.2) is 14.9 Å². The highest BCUT2D eigenvalue weighted by Crippen LogP contribution is 2.55. The molecule has 3 aliphatic carbocycles. The fourth-order valence-corrected chi connectivity index (χ4v) is 8.59. The SMILES string of the molecule is CC[Si](CC)(CC)OCCCC(C)(C1=CC=C2C=CC=CC21)C1C=Cc2ccccc21. The van der Waals surface area contributed by atoms with Crippen molar-refractivity contribution in [3.63, 3.8) is 0 Å². The molecule has 1 aromatic carbocycles. The summed E-state index contributed by atoms with van der Waals surface area (Å²) in [6.07, 6.45) is 20.9. The van der Waals surface area contributed by atoms with Crippen molar-refractivity contribution in [2.45, 2.75) is 64.6 Å². The van der Waals surface area contributed by atoms with Gasteiger partial charge in [-0.3, -0.25) is 0 Å². The van der Waals surface area contributed by atoms with Crippen LogP contribution in [0, 0.1) is 11.3 Å². The molecule has 3 unspecified atom stereocenters. The van der Waals surface area contributed by atoms with Gasteiger partial charge in [0.1, 0.15) is 0 Å². The van der Waals surface area contributed by atoms with Gasteiger partial charge in [0.15, 0.2) is 8.32 Å². The average Bonchev–Trinajstić information content (AvgIpc) is 3.45. The maximum Gasteiger partial charge on any atom is 0.191 e. The molecule has 0 aliphatic heterocycles. The van der Waals surface area contributed by atoms with E-state index in [2.05, 4.69) is 101 Å². The van der Waals surface area contributed by atoms with E-state index >= 15 is 0 Å². The summed E-state index contributed by atoms with van der Waals surface area (Å²) >= 11 is 0. The molecular weight excluding hydrogens is 392 g/mol. The average molecular weight is 431 g/mol. The third kappa shape index (κ3) is 4.13. The lowest BCUT2D eigenvalue weighted by atomic mass is 9.63. The minimum Gasteiger partial charge on any atom is -0.417 e. The standard InChI is InChI=1S/C29H38OSi/c1-5-31(6-2,7-3)30-22-12-21-29(4,27-19-17-23-13-8-10-15-25(23)27)28-20-18-24-14-9-11-16-26(24)28/h8-11,13-20,25,28H,5-7,12,21-22H2,1-4H3. The third-order valence-electron chi connectivity index (χ3n) is 8.18. The maximum atomic E-state index is 6.64. The third-order valence-corrected chi connectivity index (χ3v) is 12.9. The molecule has 0 N–H and O–H groups in total. The van der Waals surface area contributed by atoms with E-state index < -0.39 is 8.32 Å². The van der Waals surface area contributed by atoms with E-state index in [1.165, 1.54) is 34.8 Å². The highest BCUT2D eigenvalue weighted by atomic mass is 28.4. The molecule has 164 valence electrons. The summed E-state index contributed by atoms with van der Waals surface area (Å²) < 4.78 is 6.64. The van der Waals surface area contributed by atoms with Crippen LogP contribution in [0.3, 0.4) is 0 Å². The Morgan fingerprint density at radius 1 is 0.935 bits per heavy atom. The summed E-state index contributed by atoms with van der Waals surface area (Å²) in [5.41, 5.74) is 5.95. The highest BCUT2D eigenvalue weighted by molar-refractivity contribution is 6.73. The van der Waals surface area contributed by atoms with Gasteiger partial charge in [-0.05, 0) is 47.7 Å². The van der Waals surface area contributed by atoms with Crippen molar-refractivity contribution in [1.82, 2.24) is 0 Å². The van der Waals surface area contributed by atoms with Crippen LogP contribution in [0.4, 0.5) is 0 Å². The number of fused-ring (bicyclic) bond motifs is 2. The largest absolute Gasteiger partial charge is 0.417 e. The molecule has 0 bridgehead atoms. The first kappa shape index (κ1) is 22.3. The molecular formula is C29H38OSi. The van der Waals surface area contributed by atoms with Crippen LogP contribution < -0.4 is 0 Å².